The van der Waals surface area contributed by atoms with E-state index in [2.05, 4.69) is 20.2 Å². The largest absolute Gasteiger partial charge is 0.586 e. The van der Waals surface area contributed by atoms with Crippen molar-refractivity contribution in [2.24, 2.45) is 5.10 Å². The van der Waals surface area contributed by atoms with Crippen LogP contribution in [0.4, 0.5) is 14.5 Å². The van der Waals surface area contributed by atoms with Crippen LogP contribution in [-0.4, -0.2) is 32.1 Å². The first-order valence-electron chi connectivity index (χ1n) is 12.2. The second-order valence-electron chi connectivity index (χ2n) is 9.19. The van der Waals surface area contributed by atoms with Crippen LogP contribution in [0, 0.1) is 0 Å². The van der Waals surface area contributed by atoms with Crippen molar-refractivity contribution in [2.45, 2.75) is 32.0 Å². The molecule has 0 aromatic heterocycles. The number of rotatable bonds is 7. The van der Waals surface area contributed by atoms with Crippen LogP contribution in [0.5, 0.6) is 17.2 Å². The molecule has 1 N–H and O–H groups in total. The number of halogens is 2. The summed E-state index contributed by atoms with van der Waals surface area (Å²) in [7, 11) is 1.60. The minimum Gasteiger partial charge on any atom is -0.497 e. The number of likely N-dealkylation sites (N-methyl/N-ethyl adjacent to an activating group) is 1. The van der Waals surface area contributed by atoms with Gasteiger partial charge in [0.1, 0.15) is 5.75 Å². The van der Waals surface area contributed by atoms with Crippen LogP contribution in [0.2, 0.25) is 0 Å². The lowest BCUT2D eigenvalue weighted by Crippen LogP contribution is -2.31. The summed E-state index contributed by atoms with van der Waals surface area (Å²) in [6, 6.07) is 19.5. The third-order valence-corrected chi connectivity index (χ3v) is 6.82. The maximum atomic E-state index is 13.9. The number of amides is 1. The molecule has 5 rings (SSSR count). The topological polar surface area (TPSA) is 72.4 Å². The van der Waals surface area contributed by atoms with Crippen molar-refractivity contribution in [3.8, 4) is 17.2 Å². The maximum absolute atomic E-state index is 13.9. The van der Waals surface area contributed by atoms with Crippen molar-refractivity contribution in [3.05, 3.63) is 95.2 Å². The Balaban J connectivity index is 1.52. The van der Waals surface area contributed by atoms with E-state index in [0.29, 0.717) is 29.8 Å². The third-order valence-electron chi connectivity index (χ3n) is 6.82. The SMILES string of the molecule is CCN1/C(=C\C=N\NC(=O)c2ccccc2)C(C)(Cc2cccc3c2OC(F)(F)O3)c2cc(OC)ccc21. The highest BCUT2D eigenvalue weighted by Crippen LogP contribution is 2.53. The number of carbonyl (C=O) groups is 1. The molecule has 9 heteroatoms. The molecule has 0 radical (unpaired) electrons. The Morgan fingerprint density at radius 2 is 1.89 bits per heavy atom. The van der Waals surface area contributed by atoms with Gasteiger partial charge < -0.3 is 19.1 Å². The first kappa shape index (κ1) is 25.3. The summed E-state index contributed by atoms with van der Waals surface area (Å²) in [4.78, 5) is 14.5. The molecule has 2 aliphatic rings. The zero-order valence-corrected chi connectivity index (χ0v) is 21.2. The van der Waals surface area contributed by atoms with E-state index in [0.717, 1.165) is 16.9 Å². The number of hydrogen-bond donors (Lipinski definition) is 1. The van der Waals surface area contributed by atoms with Gasteiger partial charge in [-0.3, -0.25) is 4.79 Å². The van der Waals surface area contributed by atoms with Crippen LogP contribution in [0.25, 0.3) is 0 Å². The molecule has 38 heavy (non-hydrogen) atoms. The quantitative estimate of drug-likeness (QED) is 0.322. The van der Waals surface area contributed by atoms with Crippen molar-refractivity contribution >= 4 is 17.8 Å². The lowest BCUT2D eigenvalue weighted by Gasteiger charge is -2.30. The standard InChI is InChI=1S/C29H27F2N3O4/c1-4-34-23-14-13-21(36-3)17-22(23)28(2,18-20-11-8-12-24-26(20)38-29(30,31)37-24)25(34)15-16-32-33-27(35)19-9-6-5-7-10-19/h5-17H,4,18H2,1-3H3,(H,33,35)/b25-15-,32-16+. The van der Waals surface area contributed by atoms with E-state index in [1.807, 2.05) is 44.2 Å². The smallest absolute Gasteiger partial charge is 0.497 e. The molecule has 0 fully saturated rings. The van der Waals surface area contributed by atoms with Gasteiger partial charge in [-0.05, 0) is 73.9 Å². The van der Waals surface area contributed by atoms with Crippen LogP contribution in [0.3, 0.4) is 0 Å². The number of methoxy groups -OCH3 is 1. The Morgan fingerprint density at radius 3 is 2.63 bits per heavy atom. The summed E-state index contributed by atoms with van der Waals surface area (Å²) in [5, 5.41) is 4.13. The van der Waals surface area contributed by atoms with E-state index in [1.165, 1.54) is 12.3 Å². The Kier molecular flexibility index (Phi) is 6.52. The van der Waals surface area contributed by atoms with Crippen LogP contribution in [-0.2, 0) is 11.8 Å². The van der Waals surface area contributed by atoms with Crippen molar-refractivity contribution in [1.82, 2.24) is 5.43 Å². The molecule has 0 saturated carbocycles. The van der Waals surface area contributed by atoms with Gasteiger partial charge in [0.25, 0.3) is 5.91 Å². The predicted octanol–water partition coefficient (Wildman–Crippen LogP) is 5.66. The van der Waals surface area contributed by atoms with Crippen LogP contribution < -0.4 is 24.5 Å². The summed E-state index contributed by atoms with van der Waals surface area (Å²) < 4.78 is 42.9. The molecule has 196 valence electrons. The Bertz CT molecular complexity index is 1420. The Labute approximate surface area is 219 Å². The van der Waals surface area contributed by atoms with Crippen LogP contribution in [0.15, 0.2) is 83.6 Å². The highest BCUT2D eigenvalue weighted by atomic mass is 19.3. The molecule has 1 amide bonds. The normalized spacial score (nSPS) is 20.1. The molecule has 2 aliphatic heterocycles. The van der Waals surface area contributed by atoms with Crippen LogP contribution >= 0.6 is 0 Å². The number of nitrogens with one attached hydrogen (secondary N) is 1. The number of allylic oxidation sites excluding steroid dienone is 2. The number of hydrogen-bond acceptors (Lipinski definition) is 6. The molecular weight excluding hydrogens is 492 g/mol. The number of hydrazone groups is 1. The fraction of sp³-hybridized carbons (Fsp3) is 0.241. The molecule has 3 aromatic carbocycles. The van der Waals surface area contributed by atoms with E-state index < -0.39 is 11.7 Å². The van der Waals surface area contributed by atoms with E-state index in [1.54, 1.807) is 43.5 Å². The van der Waals surface area contributed by atoms with Gasteiger partial charge in [0.15, 0.2) is 11.5 Å². The fourth-order valence-electron chi connectivity index (χ4n) is 5.09. The van der Waals surface area contributed by atoms with E-state index in [4.69, 9.17) is 9.47 Å². The average Bonchev–Trinajstić information content (AvgIpc) is 3.36. The highest BCUT2D eigenvalue weighted by Gasteiger charge is 2.47. The van der Waals surface area contributed by atoms with Crippen LogP contribution in [0.1, 0.15) is 35.3 Å². The first-order chi connectivity index (χ1) is 18.3. The number of carbonyl (C=O) groups excluding carboxylic acids is 1. The Morgan fingerprint density at radius 1 is 1.11 bits per heavy atom. The first-order valence-corrected chi connectivity index (χ1v) is 12.2. The van der Waals surface area contributed by atoms with Crippen molar-refractivity contribution in [3.63, 3.8) is 0 Å². The molecule has 0 aliphatic carbocycles. The second-order valence-corrected chi connectivity index (χ2v) is 9.19. The molecule has 0 bridgehead atoms. The molecule has 1 atom stereocenters. The molecular formula is C29H27F2N3O4. The number of para-hydroxylation sites is 1. The lowest BCUT2D eigenvalue weighted by molar-refractivity contribution is -0.287. The van der Waals surface area contributed by atoms with Crippen molar-refractivity contribution in [1.29, 1.82) is 0 Å². The molecule has 1 unspecified atom stereocenters. The van der Waals surface area contributed by atoms with Gasteiger partial charge in [0.05, 0.1) is 7.11 Å². The highest BCUT2D eigenvalue weighted by molar-refractivity contribution is 5.94. The molecule has 0 saturated heterocycles. The number of ether oxygens (including phenoxy) is 3. The summed E-state index contributed by atoms with van der Waals surface area (Å²) >= 11 is 0. The van der Waals surface area contributed by atoms with Crippen molar-refractivity contribution < 1.29 is 27.8 Å². The van der Waals surface area contributed by atoms with Gasteiger partial charge in [-0.1, -0.05) is 30.3 Å². The number of alkyl halides is 2. The molecule has 7 nitrogen and oxygen atoms in total. The Hall–Kier alpha value is -4.40. The van der Waals surface area contributed by atoms with E-state index in [-0.39, 0.29) is 17.4 Å². The van der Waals surface area contributed by atoms with Gasteiger partial charge in [-0.15, -0.1) is 8.78 Å². The summed E-state index contributed by atoms with van der Waals surface area (Å²) in [6.07, 6.45) is -0.0179. The molecule has 2 heterocycles. The number of benzene rings is 3. The van der Waals surface area contributed by atoms with Crippen molar-refractivity contribution in [2.75, 3.05) is 18.6 Å². The number of anilines is 1. The summed E-state index contributed by atoms with van der Waals surface area (Å²) in [5.41, 5.74) is 5.76. The lowest BCUT2D eigenvalue weighted by atomic mass is 9.76. The van der Waals surface area contributed by atoms with Gasteiger partial charge in [0, 0.05) is 35.1 Å². The van der Waals surface area contributed by atoms with Gasteiger partial charge >= 0.3 is 6.29 Å². The monoisotopic (exact) mass is 519 g/mol. The minimum atomic E-state index is -3.71. The van der Waals surface area contributed by atoms with Gasteiger partial charge in [0.2, 0.25) is 0 Å². The molecule has 0 spiro atoms. The summed E-state index contributed by atoms with van der Waals surface area (Å²) in [6.45, 7) is 4.71. The maximum Gasteiger partial charge on any atom is 0.586 e. The number of fused-ring (bicyclic) bond motifs is 2. The predicted molar refractivity (Wildman–Crippen MR) is 140 cm³/mol. The zero-order valence-electron chi connectivity index (χ0n) is 21.2. The van der Waals surface area contributed by atoms with Gasteiger partial charge in [-0.2, -0.15) is 5.10 Å². The minimum absolute atomic E-state index is 0.00280. The van der Waals surface area contributed by atoms with E-state index in [9.17, 15) is 13.6 Å². The van der Waals surface area contributed by atoms with Gasteiger partial charge in [-0.25, -0.2) is 5.43 Å². The average molecular weight is 520 g/mol. The van der Waals surface area contributed by atoms with E-state index >= 15 is 0 Å². The second kappa shape index (κ2) is 9.81. The third kappa shape index (κ3) is 4.55. The zero-order chi connectivity index (χ0) is 26.9. The number of nitrogens with zero attached hydrogens (tertiary/aromatic N) is 2. The summed E-state index contributed by atoms with van der Waals surface area (Å²) in [5.74, 6) is 0.387. The molecule has 3 aromatic rings. The fourth-order valence-corrected chi connectivity index (χ4v) is 5.09.